The van der Waals surface area contributed by atoms with Crippen LogP contribution >= 0.6 is 11.3 Å². The number of Topliss-reactive ketones (excluding diaryl/α,β-unsaturated/α-hetero) is 1. The lowest BCUT2D eigenvalue weighted by atomic mass is 9.45. The van der Waals surface area contributed by atoms with Gasteiger partial charge in [0.25, 0.3) is 5.19 Å². The minimum absolute atomic E-state index is 0.0603. The number of carbonyl (C=O) groups is 2. The Kier molecular flexibility index (Phi) is 5.30. The van der Waals surface area contributed by atoms with Crippen LogP contribution in [0.4, 0.5) is 0 Å². The minimum Gasteiger partial charge on any atom is -0.462 e. The van der Waals surface area contributed by atoms with Crippen molar-refractivity contribution in [2.75, 3.05) is 6.61 Å². The summed E-state index contributed by atoms with van der Waals surface area (Å²) in [4.78, 5) is 30.0. The van der Waals surface area contributed by atoms with Gasteiger partial charge >= 0.3 is 0 Å². The van der Waals surface area contributed by atoms with E-state index in [1.54, 1.807) is 0 Å². The molecule has 7 atom stereocenters. The number of ketones is 2. The highest BCUT2D eigenvalue weighted by molar-refractivity contribution is 7.20. The fourth-order valence-electron chi connectivity index (χ4n) is 8.31. The third-order valence-electron chi connectivity index (χ3n) is 10.1. The van der Waals surface area contributed by atoms with Crippen molar-refractivity contribution >= 4 is 33.1 Å². The molecule has 2 aromatic rings. The summed E-state index contributed by atoms with van der Waals surface area (Å²) >= 11 is 1.39. The second-order valence-corrected chi connectivity index (χ2v) is 12.6. The van der Waals surface area contributed by atoms with Gasteiger partial charge in [0.1, 0.15) is 5.60 Å². The Balaban J connectivity index is 1.24. The Hall–Kier alpha value is -2.09. The molecule has 0 saturated heterocycles. The molecule has 186 valence electrons. The lowest BCUT2D eigenvalue weighted by molar-refractivity contribution is -0.181. The van der Waals surface area contributed by atoms with Crippen LogP contribution in [0.5, 0.6) is 5.19 Å². The van der Waals surface area contributed by atoms with Crippen molar-refractivity contribution in [3.05, 3.63) is 35.9 Å². The number of carbonyl (C=O) groups excluding carboxylic acids is 2. The van der Waals surface area contributed by atoms with E-state index in [9.17, 15) is 19.8 Å². The van der Waals surface area contributed by atoms with Crippen molar-refractivity contribution in [2.45, 2.75) is 70.5 Å². The quantitative estimate of drug-likeness (QED) is 0.649. The number of allylic oxidation sites excluding steroid dienone is 1. The SMILES string of the molecule is CC12CCC(=O)C=C1CCC1C2[C@@H](O)CC2(C)C1CC[C@]2(O)C(=O)COc1nc2ccccc2s1. The zero-order chi connectivity index (χ0) is 24.6. The van der Waals surface area contributed by atoms with Gasteiger partial charge in [0, 0.05) is 11.8 Å². The summed E-state index contributed by atoms with van der Waals surface area (Å²) in [7, 11) is 0. The van der Waals surface area contributed by atoms with Crippen molar-refractivity contribution in [1.29, 1.82) is 0 Å². The van der Waals surface area contributed by atoms with Gasteiger partial charge in [-0.3, -0.25) is 9.59 Å². The molecule has 3 fully saturated rings. The molecule has 0 radical (unpaired) electrons. The van der Waals surface area contributed by atoms with Crippen LogP contribution < -0.4 is 4.74 Å². The van der Waals surface area contributed by atoms with E-state index in [1.165, 1.54) is 16.9 Å². The van der Waals surface area contributed by atoms with Gasteiger partial charge in [-0.25, -0.2) is 4.98 Å². The first kappa shape index (κ1) is 23.3. The minimum atomic E-state index is -1.53. The molecule has 0 amide bonds. The van der Waals surface area contributed by atoms with E-state index in [1.807, 2.05) is 37.3 Å². The van der Waals surface area contributed by atoms with Crippen molar-refractivity contribution in [1.82, 2.24) is 4.98 Å². The van der Waals surface area contributed by atoms with Gasteiger partial charge in [0.15, 0.2) is 12.4 Å². The largest absolute Gasteiger partial charge is 0.462 e. The number of rotatable bonds is 4. The highest BCUT2D eigenvalue weighted by Gasteiger charge is 2.68. The van der Waals surface area contributed by atoms with Gasteiger partial charge < -0.3 is 14.9 Å². The number of thiazole rings is 1. The van der Waals surface area contributed by atoms with Crippen molar-refractivity contribution in [3.8, 4) is 5.19 Å². The van der Waals surface area contributed by atoms with E-state index in [2.05, 4.69) is 11.9 Å². The van der Waals surface area contributed by atoms with Crippen LogP contribution in [0.25, 0.3) is 10.2 Å². The maximum Gasteiger partial charge on any atom is 0.274 e. The smallest absolute Gasteiger partial charge is 0.274 e. The molecule has 1 heterocycles. The third kappa shape index (κ3) is 3.31. The summed E-state index contributed by atoms with van der Waals surface area (Å²) in [6.45, 7) is 3.99. The summed E-state index contributed by atoms with van der Waals surface area (Å²) in [6, 6.07) is 7.72. The molecule has 0 bridgehead atoms. The number of aromatic nitrogens is 1. The van der Waals surface area contributed by atoms with Crippen LogP contribution in [0.3, 0.4) is 0 Å². The number of fused-ring (bicyclic) bond motifs is 6. The first-order valence-electron chi connectivity index (χ1n) is 12.8. The maximum atomic E-state index is 13.5. The number of aliphatic hydroxyl groups excluding tert-OH is 1. The monoisotopic (exact) mass is 495 g/mol. The third-order valence-corrected chi connectivity index (χ3v) is 11.1. The summed E-state index contributed by atoms with van der Waals surface area (Å²) in [6.07, 6.45) is 5.81. The standard InChI is InChI=1S/C28H33NO5S/c1-26-11-9-17(30)13-16(26)7-8-18-19-10-12-28(33,27(19,2)14-21(31)24(18)26)23(32)15-34-25-29-20-5-3-4-6-22(20)35-25/h3-6,13,18-19,21,24,31,33H,7-12,14-15H2,1-2H3/t18?,19?,21-,24?,26?,27?,28-/m0/s1. The molecule has 6 rings (SSSR count). The molecule has 4 aliphatic rings. The van der Waals surface area contributed by atoms with E-state index in [0.29, 0.717) is 24.5 Å². The first-order valence-corrected chi connectivity index (χ1v) is 13.6. The Morgan fingerprint density at radius 3 is 2.80 bits per heavy atom. The van der Waals surface area contributed by atoms with Crippen LogP contribution in [-0.4, -0.2) is 45.1 Å². The summed E-state index contributed by atoms with van der Waals surface area (Å²) in [5.74, 6) is 0.317. The number of nitrogens with zero attached hydrogens (tertiary/aromatic N) is 1. The topological polar surface area (TPSA) is 96.7 Å². The number of hydrogen-bond acceptors (Lipinski definition) is 7. The molecular weight excluding hydrogens is 462 g/mol. The molecule has 35 heavy (non-hydrogen) atoms. The van der Waals surface area contributed by atoms with Crippen LogP contribution in [0.2, 0.25) is 0 Å². The van der Waals surface area contributed by atoms with Gasteiger partial charge in [-0.2, -0.15) is 0 Å². The van der Waals surface area contributed by atoms with Crippen molar-refractivity contribution in [2.24, 2.45) is 28.6 Å². The molecular formula is C28H33NO5S. The van der Waals surface area contributed by atoms with Crippen LogP contribution in [0, 0.1) is 28.6 Å². The van der Waals surface area contributed by atoms with E-state index in [0.717, 1.165) is 35.9 Å². The van der Waals surface area contributed by atoms with Crippen LogP contribution in [-0.2, 0) is 9.59 Å². The molecule has 1 aromatic heterocycles. The molecule has 4 aliphatic carbocycles. The number of para-hydroxylation sites is 1. The van der Waals surface area contributed by atoms with Gasteiger partial charge in [-0.15, -0.1) is 0 Å². The van der Waals surface area contributed by atoms with E-state index < -0.39 is 17.1 Å². The van der Waals surface area contributed by atoms with Gasteiger partial charge in [-0.05, 0) is 79.9 Å². The highest BCUT2D eigenvalue weighted by atomic mass is 32.1. The predicted octanol–water partition coefficient (Wildman–Crippen LogP) is 4.48. The van der Waals surface area contributed by atoms with Gasteiger partial charge in [0.2, 0.25) is 5.78 Å². The number of ether oxygens (including phenoxy) is 1. The summed E-state index contributed by atoms with van der Waals surface area (Å²) < 4.78 is 6.77. The average molecular weight is 496 g/mol. The van der Waals surface area contributed by atoms with Gasteiger partial charge in [0.05, 0.1) is 16.3 Å². The number of aliphatic hydroxyl groups is 2. The molecule has 2 N–H and O–H groups in total. The first-order chi connectivity index (χ1) is 16.7. The Morgan fingerprint density at radius 1 is 1.20 bits per heavy atom. The normalized spacial score (nSPS) is 40.6. The lowest BCUT2D eigenvalue weighted by Crippen LogP contribution is -2.62. The fourth-order valence-corrected chi connectivity index (χ4v) is 9.12. The summed E-state index contributed by atoms with van der Waals surface area (Å²) in [5.41, 5.74) is -0.398. The molecule has 1 aromatic carbocycles. The molecule has 5 unspecified atom stereocenters. The second-order valence-electron chi connectivity index (χ2n) is 11.6. The Morgan fingerprint density at radius 2 is 2.00 bits per heavy atom. The lowest BCUT2D eigenvalue weighted by Gasteiger charge is -2.60. The fraction of sp³-hybridized carbons (Fsp3) is 0.607. The maximum absolute atomic E-state index is 13.5. The molecule has 7 heteroatoms. The predicted molar refractivity (Wildman–Crippen MR) is 133 cm³/mol. The van der Waals surface area contributed by atoms with E-state index >= 15 is 0 Å². The summed E-state index contributed by atoms with van der Waals surface area (Å²) in [5, 5.41) is 23.8. The van der Waals surface area contributed by atoms with E-state index in [-0.39, 0.29) is 41.3 Å². The van der Waals surface area contributed by atoms with Gasteiger partial charge in [-0.1, -0.05) is 42.9 Å². The second kappa shape index (κ2) is 7.95. The van der Waals surface area contributed by atoms with E-state index in [4.69, 9.17) is 4.74 Å². The molecule has 0 aliphatic heterocycles. The highest BCUT2D eigenvalue weighted by Crippen LogP contribution is 2.67. The number of hydrogen-bond donors (Lipinski definition) is 2. The zero-order valence-corrected chi connectivity index (χ0v) is 21.1. The average Bonchev–Trinajstić information content (AvgIpc) is 3.36. The number of benzene rings is 1. The Labute approximate surface area is 209 Å². The Bertz CT molecular complexity index is 1200. The molecule has 6 nitrogen and oxygen atoms in total. The van der Waals surface area contributed by atoms with Crippen molar-refractivity contribution in [3.63, 3.8) is 0 Å². The zero-order valence-electron chi connectivity index (χ0n) is 20.3. The van der Waals surface area contributed by atoms with Crippen LogP contribution in [0.15, 0.2) is 35.9 Å². The molecule has 3 saturated carbocycles. The molecule has 0 spiro atoms. The van der Waals surface area contributed by atoms with Crippen LogP contribution in [0.1, 0.15) is 58.8 Å². The van der Waals surface area contributed by atoms with Crippen molar-refractivity contribution < 1.29 is 24.5 Å².